The van der Waals surface area contributed by atoms with E-state index in [0.717, 1.165) is 36.5 Å². The molecule has 0 spiro atoms. The molecule has 2 heterocycles. The van der Waals surface area contributed by atoms with E-state index in [-0.39, 0.29) is 17.9 Å². The number of rotatable bonds is 5. The first-order chi connectivity index (χ1) is 11.2. The van der Waals surface area contributed by atoms with Crippen LogP contribution in [0.3, 0.4) is 0 Å². The first kappa shape index (κ1) is 15.6. The van der Waals surface area contributed by atoms with Crippen molar-refractivity contribution in [3.63, 3.8) is 0 Å². The van der Waals surface area contributed by atoms with Crippen molar-refractivity contribution in [2.45, 2.75) is 44.7 Å². The Kier molecular flexibility index (Phi) is 4.65. The van der Waals surface area contributed by atoms with Crippen molar-refractivity contribution >= 4 is 5.91 Å². The lowest BCUT2D eigenvalue weighted by atomic mass is 9.96. The summed E-state index contributed by atoms with van der Waals surface area (Å²) in [5.41, 5.74) is 1.07. The fraction of sp³-hybridized carbons (Fsp3) is 0.444. The van der Waals surface area contributed by atoms with Crippen LogP contribution in [0.25, 0.3) is 0 Å². The highest BCUT2D eigenvalue weighted by Crippen LogP contribution is 2.28. The molecule has 1 N–H and O–H groups in total. The summed E-state index contributed by atoms with van der Waals surface area (Å²) in [5, 5.41) is 3.16. The third kappa shape index (κ3) is 3.55. The number of imidazole rings is 1. The van der Waals surface area contributed by atoms with Crippen molar-refractivity contribution < 1.29 is 9.53 Å². The molecule has 0 saturated carbocycles. The topological polar surface area (TPSA) is 56.1 Å². The summed E-state index contributed by atoms with van der Waals surface area (Å²) in [6.45, 7) is 2.87. The summed E-state index contributed by atoms with van der Waals surface area (Å²) in [7, 11) is 1.66. The van der Waals surface area contributed by atoms with Crippen LogP contribution in [-0.4, -0.2) is 28.6 Å². The number of nitrogens with one attached hydrogen (secondary N) is 1. The van der Waals surface area contributed by atoms with Crippen molar-refractivity contribution in [3.05, 3.63) is 48.0 Å². The Bertz CT molecular complexity index is 680. The van der Waals surface area contributed by atoms with Crippen LogP contribution in [-0.2, 0) is 17.8 Å². The first-order valence-corrected chi connectivity index (χ1v) is 8.09. The number of methoxy groups -OCH3 is 1. The SMILES string of the molecule is COc1ccccc1[C@H](C)CC(=O)N[C@H]1CCc2nccn2C1. The van der Waals surface area contributed by atoms with E-state index in [4.69, 9.17) is 4.74 Å². The Balaban J connectivity index is 1.57. The third-order valence-corrected chi connectivity index (χ3v) is 4.46. The van der Waals surface area contributed by atoms with Crippen LogP contribution in [0.1, 0.15) is 37.1 Å². The minimum absolute atomic E-state index is 0.0944. The number of amides is 1. The molecule has 0 saturated heterocycles. The molecule has 1 aliphatic rings. The largest absolute Gasteiger partial charge is 0.496 e. The van der Waals surface area contributed by atoms with Gasteiger partial charge in [-0.3, -0.25) is 4.79 Å². The maximum absolute atomic E-state index is 12.4. The van der Waals surface area contributed by atoms with Gasteiger partial charge >= 0.3 is 0 Å². The molecule has 0 unspecified atom stereocenters. The molecule has 5 heteroatoms. The van der Waals surface area contributed by atoms with E-state index < -0.39 is 0 Å². The number of aryl methyl sites for hydroxylation is 1. The van der Waals surface area contributed by atoms with Gasteiger partial charge in [0, 0.05) is 37.8 Å². The maximum atomic E-state index is 12.4. The Morgan fingerprint density at radius 3 is 3.13 bits per heavy atom. The van der Waals surface area contributed by atoms with Gasteiger partial charge in [0.05, 0.1) is 7.11 Å². The number of fused-ring (bicyclic) bond motifs is 1. The van der Waals surface area contributed by atoms with Crippen LogP contribution in [0, 0.1) is 0 Å². The van der Waals surface area contributed by atoms with Gasteiger partial charge in [0.2, 0.25) is 5.91 Å². The number of hydrogen-bond acceptors (Lipinski definition) is 3. The van der Waals surface area contributed by atoms with E-state index in [0.29, 0.717) is 6.42 Å². The molecule has 0 radical (unpaired) electrons. The number of hydrogen-bond donors (Lipinski definition) is 1. The van der Waals surface area contributed by atoms with Gasteiger partial charge in [0.1, 0.15) is 11.6 Å². The summed E-state index contributed by atoms with van der Waals surface area (Å²) in [4.78, 5) is 16.7. The Morgan fingerprint density at radius 2 is 2.30 bits per heavy atom. The standard InChI is InChI=1S/C18H23N3O2/c1-13(15-5-3-4-6-16(15)23-2)11-18(22)20-14-7-8-17-19-9-10-21(17)12-14/h3-6,9-10,13-14H,7-8,11-12H2,1-2H3,(H,20,22)/t13-,14+/m1/s1. The summed E-state index contributed by atoms with van der Waals surface area (Å²) in [5.74, 6) is 2.17. The Labute approximate surface area is 136 Å². The van der Waals surface area contributed by atoms with E-state index in [1.54, 1.807) is 7.11 Å². The number of para-hydroxylation sites is 1. The fourth-order valence-electron chi connectivity index (χ4n) is 3.23. The minimum atomic E-state index is 0.0944. The third-order valence-electron chi connectivity index (χ3n) is 4.46. The molecule has 3 rings (SSSR count). The van der Waals surface area contributed by atoms with Gasteiger partial charge in [-0.25, -0.2) is 4.98 Å². The predicted molar refractivity (Wildman–Crippen MR) is 88.5 cm³/mol. The number of aromatic nitrogens is 2. The van der Waals surface area contributed by atoms with Gasteiger partial charge in [-0.1, -0.05) is 25.1 Å². The average Bonchev–Trinajstić information content (AvgIpc) is 3.02. The van der Waals surface area contributed by atoms with Gasteiger partial charge < -0.3 is 14.6 Å². The zero-order valence-corrected chi connectivity index (χ0v) is 13.7. The van der Waals surface area contributed by atoms with Crippen molar-refractivity contribution in [3.8, 4) is 5.75 Å². The molecule has 1 amide bonds. The Morgan fingerprint density at radius 1 is 1.48 bits per heavy atom. The van der Waals surface area contributed by atoms with Crippen molar-refractivity contribution in [1.29, 1.82) is 0 Å². The second-order valence-corrected chi connectivity index (χ2v) is 6.15. The van der Waals surface area contributed by atoms with Crippen molar-refractivity contribution in [1.82, 2.24) is 14.9 Å². The van der Waals surface area contributed by atoms with Crippen LogP contribution >= 0.6 is 0 Å². The molecule has 122 valence electrons. The molecule has 1 aromatic heterocycles. The molecule has 0 fully saturated rings. The van der Waals surface area contributed by atoms with Crippen molar-refractivity contribution in [2.24, 2.45) is 0 Å². The first-order valence-electron chi connectivity index (χ1n) is 8.09. The molecular formula is C18H23N3O2. The highest BCUT2D eigenvalue weighted by molar-refractivity contribution is 5.77. The summed E-state index contributed by atoms with van der Waals surface area (Å²) >= 11 is 0. The fourth-order valence-corrected chi connectivity index (χ4v) is 3.23. The van der Waals surface area contributed by atoms with Gasteiger partial charge in [-0.15, -0.1) is 0 Å². The molecule has 2 aromatic rings. The molecule has 0 aliphatic carbocycles. The molecule has 2 atom stereocenters. The molecule has 23 heavy (non-hydrogen) atoms. The van der Waals surface area contributed by atoms with Crippen molar-refractivity contribution in [2.75, 3.05) is 7.11 Å². The highest BCUT2D eigenvalue weighted by Gasteiger charge is 2.22. The quantitative estimate of drug-likeness (QED) is 0.923. The predicted octanol–water partition coefficient (Wildman–Crippen LogP) is 2.52. The summed E-state index contributed by atoms with van der Waals surface area (Å²) in [6.07, 6.45) is 6.13. The van der Waals surface area contributed by atoms with Gasteiger partial charge in [-0.2, -0.15) is 0 Å². The molecular weight excluding hydrogens is 290 g/mol. The lowest BCUT2D eigenvalue weighted by molar-refractivity contribution is -0.122. The van der Waals surface area contributed by atoms with Crippen LogP contribution < -0.4 is 10.1 Å². The van der Waals surface area contributed by atoms with E-state index in [9.17, 15) is 4.79 Å². The van der Waals surface area contributed by atoms with E-state index >= 15 is 0 Å². The Hall–Kier alpha value is -2.30. The lowest BCUT2D eigenvalue weighted by Crippen LogP contribution is -2.41. The zero-order valence-electron chi connectivity index (χ0n) is 13.7. The number of carbonyl (C=O) groups is 1. The normalized spacial score (nSPS) is 18.1. The van der Waals surface area contributed by atoms with Gasteiger partial charge in [0.15, 0.2) is 0 Å². The average molecular weight is 313 g/mol. The number of ether oxygens (including phenoxy) is 1. The molecule has 1 aliphatic heterocycles. The van der Waals surface area contributed by atoms with E-state index in [2.05, 4.69) is 21.8 Å². The number of carbonyl (C=O) groups excluding carboxylic acids is 1. The van der Waals surface area contributed by atoms with Crippen LogP contribution in [0.5, 0.6) is 5.75 Å². The monoisotopic (exact) mass is 313 g/mol. The van der Waals surface area contributed by atoms with E-state index in [1.165, 1.54) is 0 Å². The maximum Gasteiger partial charge on any atom is 0.220 e. The number of nitrogens with zero attached hydrogens (tertiary/aromatic N) is 2. The van der Waals surface area contributed by atoms with E-state index in [1.807, 2.05) is 36.7 Å². The summed E-state index contributed by atoms with van der Waals surface area (Å²) < 4.78 is 7.51. The molecule has 0 bridgehead atoms. The lowest BCUT2D eigenvalue weighted by Gasteiger charge is -2.25. The van der Waals surface area contributed by atoms with Crippen LogP contribution in [0.15, 0.2) is 36.7 Å². The smallest absolute Gasteiger partial charge is 0.220 e. The van der Waals surface area contributed by atoms with Gasteiger partial charge in [0.25, 0.3) is 0 Å². The molecule has 5 nitrogen and oxygen atoms in total. The second-order valence-electron chi connectivity index (χ2n) is 6.15. The van der Waals surface area contributed by atoms with Crippen LogP contribution in [0.4, 0.5) is 0 Å². The number of benzene rings is 1. The van der Waals surface area contributed by atoms with Crippen LogP contribution in [0.2, 0.25) is 0 Å². The van der Waals surface area contributed by atoms with Gasteiger partial charge in [-0.05, 0) is 24.0 Å². The summed E-state index contributed by atoms with van der Waals surface area (Å²) in [6, 6.07) is 8.07. The molecule has 1 aromatic carbocycles. The zero-order chi connectivity index (χ0) is 16.2. The second kappa shape index (κ2) is 6.86. The highest BCUT2D eigenvalue weighted by atomic mass is 16.5. The minimum Gasteiger partial charge on any atom is -0.496 e.